The molecule has 0 saturated carbocycles. The number of nitrogens with zero attached hydrogens (tertiary/aromatic N) is 2. The Morgan fingerprint density at radius 1 is 1.32 bits per heavy atom. The van der Waals surface area contributed by atoms with Gasteiger partial charge < -0.3 is 9.84 Å². The Balaban J connectivity index is 2.94. The van der Waals surface area contributed by atoms with Gasteiger partial charge in [0.05, 0.1) is 12.3 Å². The van der Waals surface area contributed by atoms with Crippen molar-refractivity contribution in [3.05, 3.63) is 23.0 Å². The molecule has 0 amide bonds. The van der Waals surface area contributed by atoms with Crippen LogP contribution in [0.5, 0.6) is 5.75 Å². The zero-order chi connectivity index (χ0) is 14.3. The third-order valence-electron chi connectivity index (χ3n) is 2.91. The lowest BCUT2D eigenvalue weighted by atomic mass is 10.1. The minimum Gasteiger partial charge on any atom is -0.506 e. The van der Waals surface area contributed by atoms with Gasteiger partial charge in [-0.1, -0.05) is 0 Å². The number of ether oxygens (including phenoxy) is 1. The molecule has 4 nitrogen and oxygen atoms in total. The second-order valence-electron chi connectivity index (χ2n) is 4.28. The average Bonchev–Trinajstić information content (AvgIpc) is 2.39. The predicted molar refractivity (Wildman–Crippen MR) is 78.1 cm³/mol. The maximum atomic E-state index is 10.1. The quantitative estimate of drug-likeness (QED) is 0.750. The van der Waals surface area contributed by atoms with Gasteiger partial charge in [0.15, 0.2) is 0 Å². The van der Waals surface area contributed by atoms with Gasteiger partial charge in [-0.15, -0.1) is 23.2 Å². The average molecular weight is 307 g/mol. The summed E-state index contributed by atoms with van der Waals surface area (Å²) in [7, 11) is 1.61. The zero-order valence-corrected chi connectivity index (χ0v) is 12.8. The van der Waals surface area contributed by atoms with Crippen molar-refractivity contribution in [3.8, 4) is 5.75 Å². The highest BCUT2D eigenvalue weighted by molar-refractivity contribution is 6.18. The number of hydrogen-bond acceptors (Lipinski definition) is 4. The number of rotatable bonds is 8. The lowest BCUT2D eigenvalue weighted by Gasteiger charge is -2.22. The molecule has 108 valence electrons. The second kappa shape index (κ2) is 8.59. The number of halogens is 2. The van der Waals surface area contributed by atoms with Crippen molar-refractivity contribution in [2.24, 2.45) is 0 Å². The van der Waals surface area contributed by atoms with Crippen molar-refractivity contribution in [2.75, 3.05) is 32.0 Å². The Kier molecular flexibility index (Phi) is 7.46. The Hall–Kier alpha value is -0.550. The fourth-order valence-electron chi connectivity index (χ4n) is 1.88. The summed E-state index contributed by atoms with van der Waals surface area (Å²) >= 11 is 11.6. The first-order valence-corrected chi connectivity index (χ1v) is 7.20. The summed E-state index contributed by atoms with van der Waals surface area (Å²) in [6.07, 6.45) is 1.78. The normalized spacial score (nSPS) is 11.2. The fraction of sp³-hybridized carbons (Fsp3) is 0.615. The highest BCUT2D eigenvalue weighted by atomic mass is 35.5. The van der Waals surface area contributed by atoms with Crippen LogP contribution in [-0.2, 0) is 17.9 Å². The van der Waals surface area contributed by atoms with E-state index in [0.29, 0.717) is 30.6 Å². The van der Waals surface area contributed by atoms with E-state index in [-0.39, 0.29) is 5.75 Å². The highest BCUT2D eigenvalue weighted by Gasteiger charge is 2.14. The van der Waals surface area contributed by atoms with Crippen LogP contribution in [0.25, 0.3) is 0 Å². The summed E-state index contributed by atoms with van der Waals surface area (Å²) in [5.74, 6) is 1.29. The van der Waals surface area contributed by atoms with Gasteiger partial charge in [0.1, 0.15) is 5.75 Å². The maximum Gasteiger partial charge on any atom is 0.142 e. The first-order valence-electron chi connectivity index (χ1n) is 6.13. The van der Waals surface area contributed by atoms with Crippen LogP contribution in [0.3, 0.4) is 0 Å². The highest BCUT2D eigenvalue weighted by Crippen LogP contribution is 2.25. The monoisotopic (exact) mass is 306 g/mol. The number of methoxy groups -OCH3 is 1. The van der Waals surface area contributed by atoms with Gasteiger partial charge in [-0.25, -0.2) is 0 Å². The van der Waals surface area contributed by atoms with Gasteiger partial charge in [0, 0.05) is 50.3 Å². The summed E-state index contributed by atoms with van der Waals surface area (Å²) in [6, 6.07) is 0. The molecule has 0 atom stereocenters. The minimum atomic E-state index is 0.205. The minimum absolute atomic E-state index is 0.205. The molecule has 0 aliphatic carbocycles. The van der Waals surface area contributed by atoms with E-state index in [1.165, 1.54) is 0 Å². The van der Waals surface area contributed by atoms with E-state index in [0.717, 1.165) is 24.2 Å². The Morgan fingerprint density at radius 2 is 1.95 bits per heavy atom. The number of alkyl halides is 2. The number of hydrogen-bond donors (Lipinski definition) is 1. The lowest BCUT2D eigenvalue weighted by molar-refractivity contribution is 0.179. The molecule has 19 heavy (non-hydrogen) atoms. The van der Waals surface area contributed by atoms with E-state index < -0.39 is 0 Å². The van der Waals surface area contributed by atoms with Gasteiger partial charge >= 0.3 is 0 Å². The number of aromatic nitrogens is 1. The molecule has 0 aliphatic rings. The molecule has 1 aromatic heterocycles. The van der Waals surface area contributed by atoms with Crippen molar-refractivity contribution in [2.45, 2.75) is 20.1 Å². The molecule has 0 saturated heterocycles. The largest absolute Gasteiger partial charge is 0.506 e. The zero-order valence-electron chi connectivity index (χ0n) is 11.3. The molecule has 0 spiro atoms. The van der Waals surface area contributed by atoms with Gasteiger partial charge in [-0.2, -0.15) is 0 Å². The first kappa shape index (κ1) is 16.5. The van der Waals surface area contributed by atoms with Crippen molar-refractivity contribution < 1.29 is 9.84 Å². The maximum absolute atomic E-state index is 10.1. The van der Waals surface area contributed by atoms with Gasteiger partial charge in [0.25, 0.3) is 0 Å². The van der Waals surface area contributed by atoms with Crippen LogP contribution in [0.1, 0.15) is 16.8 Å². The smallest absolute Gasteiger partial charge is 0.142 e. The third kappa shape index (κ3) is 4.80. The molecular formula is C13H20Cl2N2O2. The second-order valence-corrected chi connectivity index (χ2v) is 5.04. The summed E-state index contributed by atoms with van der Waals surface area (Å²) in [4.78, 5) is 6.33. The van der Waals surface area contributed by atoms with Crippen LogP contribution in [0.4, 0.5) is 0 Å². The Bertz CT molecular complexity index is 396. The number of pyridine rings is 1. The standard InChI is InChI=1S/C13H20Cl2N2O2/c1-10-13(18)12(9-19-2)11(7-16-10)8-17(5-3-14)6-4-15/h7,18H,3-6,8-9H2,1-2H3. The molecular weight excluding hydrogens is 287 g/mol. The molecule has 1 N–H and O–H groups in total. The molecule has 0 aliphatic heterocycles. The van der Waals surface area contributed by atoms with E-state index >= 15 is 0 Å². The van der Waals surface area contributed by atoms with Crippen molar-refractivity contribution >= 4 is 23.2 Å². The van der Waals surface area contributed by atoms with Crippen molar-refractivity contribution in [1.82, 2.24) is 9.88 Å². The summed E-state index contributed by atoms with van der Waals surface area (Å²) in [5.41, 5.74) is 2.33. The molecule has 0 fully saturated rings. The fourth-order valence-corrected chi connectivity index (χ4v) is 2.35. The van der Waals surface area contributed by atoms with Crippen molar-refractivity contribution in [3.63, 3.8) is 0 Å². The molecule has 1 rings (SSSR count). The predicted octanol–water partition coefficient (Wildman–Crippen LogP) is 2.52. The van der Waals surface area contributed by atoms with Gasteiger partial charge in [-0.3, -0.25) is 9.88 Å². The van der Waals surface area contributed by atoms with Crippen LogP contribution in [0.15, 0.2) is 6.20 Å². The van der Waals surface area contributed by atoms with Crippen LogP contribution in [0.2, 0.25) is 0 Å². The van der Waals surface area contributed by atoms with E-state index in [1.54, 1.807) is 20.2 Å². The lowest BCUT2D eigenvalue weighted by Crippen LogP contribution is -2.28. The molecule has 1 aromatic rings. The molecule has 0 bridgehead atoms. The van der Waals surface area contributed by atoms with Crippen LogP contribution >= 0.6 is 23.2 Å². The third-order valence-corrected chi connectivity index (χ3v) is 3.25. The molecule has 0 aromatic carbocycles. The van der Waals surface area contributed by atoms with Crippen LogP contribution in [-0.4, -0.2) is 46.9 Å². The molecule has 6 heteroatoms. The Morgan fingerprint density at radius 3 is 2.47 bits per heavy atom. The summed E-state index contributed by atoms with van der Waals surface area (Å²) < 4.78 is 5.15. The molecule has 1 heterocycles. The number of aromatic hydroxyl groups is 1. The van der Waals surface area contributed by atoms with E-state index in [4.69, 9.17) is 27.9 Å². The van der Waals surface area contributed by atoms with E-state index in [1.807, 2.05) is 0 Å². The van der Waals surface area contributed by atoms with E-state index in [9.17, 15) is 5.11 Å². The number of aryl methyl sites for hydroxylation is 1. The summed E-state index contributed by atoms with van der Waals surface area (Å²) in [5, 5.41) is 10.1. The Labute approximate surface area is 124 Å². The van der Waals surface area contributed by atoms with Crippen molar-refractivity contribution in [1.29, 1.82) is 0 Å². The summed E-state index contributed by atoms with van der Waals surface area (Å²) in [6.45, 7) is 4.28. The van der Waals surface area contributed by atoms with Crippen LogP contribution in [0, 0.1) is 6.92 Å². The SMILES string of the molecule is COCc1c(CN(CCCl)CCCl)cnc(C)c1O. The van der Waals surface area contributed by atoms with Gasteiger partial charge in [0.2, 0.25) is 0 Å². The molecule has 0 radical (unpaired) electrons. The first-order chi connectivity index (χ1) is 9.13. The van der Waals surface area contributed by atoms with Crippen LogP contribution < -0.4 is 0 Å². The van der Waals surface area contributed by atoms with Gasteiger partial charge in [-0.05, 0) is 12.5 Å². The molecule has 0 unspecified atom stereocenters. The topological polar surface area (TPSA) is 45.6 Å². The van der Waals surface area contributed by atoms with E-state index in [2.05, 4.69) is 9.88 Å².